The number of ether oxygens (including phenoxy) is 1. The smallest absolute Gasteiger partial charge is 0.407 e. The summed E-state index contributed by atoms with van der Waals surface area (Å²) in [4.78, 5) is 11.7. The molecule has 1 aliphatic carbocycles. The first kappa shape index (κ1) is 15.8. The number of alkyl halides is 1. The Labute approximate surface area is 140 Å². The van der Waals surface area contributed by atoms with Crippen LogP contribution in [-0.4, -0.2) is 29.9 Å². The number of aliphatic hydroxyl groups excluding tert-OH is 1. The molecule has 1 aliphatic rings. The molecule has 2 N–H and O–H groups in total. The zero-order valence-electron chi connectivity index (χ0n) is 12.5. The van der Waals surface area contributed by atoms with Gasteiger partial charge in [0.25, 0.3) is 0 Å². The van der Waals surface area contributed by atoms with Gasteiger partial charge in [-0.15, -0.1) is 0 Å². The Morgan fingerprint density at radius 1 is 1.13 bits per heavy atom. The van der Waals surface area contributed by atoms with Crippen molar-refractivity contribution in [2.45, 2.75) is 17.9 Å². The molecule has 0 bridgehead atoms. The maximum absolute atomic E-state index is 11.7. The highest BCUT2D eigenvalue weighted by Gasteiger charge is 2.28. The molecule has 2 aromatic carbocycles. The largest absolute Gasteiger partial charge is 0.449 e. The first-order valence-corrected chi connectivity index (χ1v) is 8.01. The molecule has 23 heavy (non-hydrogen) atoms. The second-order valence-electron chi connectivity index (χ2n) is 5.47. The standard InChI is InChI=1S/C18H18ClNO3/c19-17(21)9-10-23-18(22)20-11-16-14-7-3-1-5-12(14)13-6-2-4-8-15(13)16/h1-8,16-17,21H,9-11H2,(H,20,22). The summed E-state index contributed by atoms with van der Waals surface area (Å²) >= 11 is 5.40. The van der Waals surface area contributed by atoms with E-state index in [0.717, 1.165) is 0 Å². The molecule has 0 radical (unpaired) electrons. The van der Waals surface area contributed by atoms with Crippen LogP contribution in [0, 0.1) is 0 Å². The molecule has 0 aliphatic heterocycles. The molecule has 1 atom stereocenters. The first-order valence-electron chi connectivity index (χ1n) is 7.58. The van der Waals surface area contributed by atoms with Crippen LogP contribution in [0.15, 0.2) is 48.5 Å². The van der Waals surface area contributed by atoms with Gasteiger partial charge in [0.2, 0.25) is 0 Å². The zero-order chi connectivity index (χ0) is 16.2. The van der Waals surface area contributed by atoms with E-state index in [1.54, 1.807) is 0 Å². The Hall–Kier alpha value is -2.04. The fraction of sp³-hybridized carbons (Fsp3) is 0.278. The highest BCUT2D eigenvalue weighted by molar-refractivity contribution is 6.19. The SMILES string of the molecule is O=C(NCC1c2ccccc2-c2ccccc21)OCCC(O)Cl. The van der Waals surface area contributed by atoms with E-state index in [4.69, 9.17) is 21.4 Å². The Bertz CT molecular complexity index is 657. The number of hydrogen-bond acceptors (Lipinski definition) is 3. The van der Waals surface area contributed by atoms with E-state index >= 15 is 0 Å². The number of benzene rings is 2. The minimum atomic E-state index is -0.989. The average Bonchev–Trinajstić information content (AvgIpc) is 2.87. The van der Waals surface area contributed by atoms with Gasteiger partial charge in [-0.2, -0.15) is 0 Å². The fourth-order valence-electron chi connectivity index (χ4n) is 2.97. The van der Waals surface area contributed by atoms with Gasteiger partial charge in [0.1, 0.15) is 5.56 Å². The topological polar surface area (TPSA) is 58.6 Å². The van der Waals surface area contributed by atoms with Crippen molar-refractivity contribution in [3.8, 4) is 11.1 Å². The van der Waals surface area contributed by atoms with E-state index in [1.165, 1.54) is 22.3 Å². The molecule has 1 amide bonds. The molecule has 0 saturated heterocycles. The van der Waals surface area contributed by atoms with Gasteiger partial charge >= 0.3 is 6.09 Å². The average molecular weight is 332 g/mol. The lowest BCUT2D eigenvalue weighted by Crippen LogP contribution is -2.29. The van der Waals surface area contributed by atoms with Gasteiger partial charge in [-0.05, 0) is 22.3 Å². The van der Waals surface area contributed by atoms with Crippen molar-refractivity contribution in [1.82, 2.24) is 5.32 Å². The summed E-state index contributed by atoms with van der Waals surface area (Å²) in [6.45, 7) is 0.560. The predicted octanol–water partition coefficient (Wildman–Crippen LogP) is 3.47. The van der Waals surface area contributed by atoms with Gasteiger partial charge in [-0.25, -0.2) is 4.79 Å². The maximum atomic E-state index is 11.7. The van der Waals surface area contributed by atoms with Crippen LogP contribution in [0.25, 0.3) is 11.1 Å². The second-order valence-corrected chi connectivity index (χ2v) is 5.97. The molecular weight excluding hydrogens is 314 g/mol. The summed E-state index contributed by atoms with van der Waals surface area (Å²) in [5, 5.41) is 11.7. The number of hydrogen-bond donors (Lipinski definition) is 2. The highest BCUT2D eigenvalue weighted by atomic mass is 35.5. The molecule has 1 unspecified atom stereocenters. The highest BCUT2D eigenvalue weighted by Crippen LogP contribution is 2.43. The monoisotopic (exact) mass is 331 g/mol. The second kappa shape index (κ2) is 7.02. The molecule has 4 nitrogen and oxygen atoms in total. The summed E-state index contributed by atoms with van der Waals surface area (Å²) in [6, 6.07) is 16.5. The van der Waals surface area contributed by atoms with Crippen molar-refractivity contribution in [3.63, 3.8) is 0 Å². The van der Waals surface area contributed by atoms with E-state index in [0.29, 0.717) is 6.54 Å². The summed E-state index contributed by atoms with van der Waals surface area (Å²) in [6.07, 6.45) is -0.284. The number of nitrogens with one attached hydrogen (secondary N) is 1. The third kappa shape index (κ3) is 3.49. The van der Waals surface area contributed by atoms with Crippen molar-refractivity contribution >= 4 is 17.7 Å². The molecule has 0 saturated carbocycles. The van der Waals surface area contributed by atoms with Crippen LogP contribution in [0.5, 0.6) is 0 Å². The van der Waals surface area contributed by atoms with Crippen molar-refractivity contribution in [2.24, 2.45) is 0 Å². The molecule has 2 aromatic rings. The Morgan fingerprint density at radius 2 is 1.70 bits per heavy atom. The van der Waals surface area contributed by atoms with Gasteiger partial charge < -0.3 is 15.2 Å². The van der Waals surface area contributed by atoms with Crippen LogP contribution in [0.1, 0.15) is 23.5 Å². The molecule has 0 aromatic heterocycles. The van der Waals surface area contributed by atoms with Crippen LogP contribution in [0.4, 0.5) is 4.79 Å². The Morgan fingerprint density at radius 3 is 2.26 bits per heavy atom. The number of amides is 1. The van der Waals surface area contributed by atoms with Crippen molar-refractivity contribution in [2.75, 3.05) is 13.2 Å². The minimum Gasteiger partial charge on any atom is -0.449 e. The van der Waals surface area contributed by atoms with Crippen LogP contribution in [0.3, 0.4) is 0 Å². The van der Waals surface area contributed by atoms with Crippen molar-refractivity contribution < 1.29 is 14.6 Å². The lowest BCUT2D eigenvalue weighted by Gasteiger charge is -2.15. The zero-order valence-corrected chi connectivity index (χ0v) is 13.3. The van der Waals surface area contributed by atoms with E-state index < -0.39 is 11.7 Å². The van der Waals surface area contributed by atoms with Crippen LogP contribution < -0.4 is 5.32 Å². The molecule has 120 valence electrons. The van der Waals surface area contributed by atoms with Gasteiger partial charge in [0.05, 0.1) is 6.61 Å². The maximum Gasteiger partial charge on any atom is 0.407 e. The Balaban J connectivity index is 1.67. The number of carbonyl (C=O) groups excluding carboxylic acids is 1. The number of alkyl carbamates (subject to hydrolysis) is 1. The molecule has 0 heterocycles. The number of fused-ring (bicyclic) bond motifs is 3. The molecule has 0 spiro atoms. The summed E-state index contributed by atoms with van der Waals surface area (Å²) in [5.41, 5.74) is 3.87. The van der Waals surface area contributed by atoms with E-state index in [1.807, 2.05) is 24.3 Å². The predicted molar refractivity (Wildman–Crippen MR) is 89.5 cm³/mol. The number of rotatable bonds is 5. The minimum absolute atomic E-state index is 0.0916. The molecular formula is C18H18ClNO3. The normalized spacial score (nSPS) is 14.0. The van der Waals surface area contributed by atoms with Crippen LogP contribution in [-0.2, 0) is 4.74 Å². The van der Waals surface area contributed by atoms with E-state index in [-0.39, 0.29) is 18.9 Å². The van der Waals surface area contributed by atoms with Gasteiger partial charge in [0.15, 0.2) is 0 Å². The van der Waals surface area contributed by atoms with Gasteiger partial charge in [-0.3, -0.25) is 0 Å². The number of carbonyl (C=O) groups is 1. The van der Waals surface area contributed by atoms with Crippen molar-refractivity contribution in [3.05, 3.63) is 59.7 Å². The van der Waals surface area contributed by atoms with Crippen LogP contribution in [0.2, 0.25) is 0 Å². The Kier molecular flexibility index (Phi) is 4.84. The van der Waals surface area contributed by atoms with E-state index in [9.17, 15) is 4.79 Å². The van der Waals surface area contributed by atoms with E-state index in [2.05, 4.69) is 29.6 Å². The third-order valence-corrected chi connectivity index (χ3v) is 4.22. The molecule has 0 fully saturated rings. The number of halogens is 1. The summed E-state index contributed by atoms with van der Waals surface area (Å²) in [7, 11) is 0. The number of aliphatic hydroxyl groups is 1. The summed E-state index contributed by atoms with van der Waals surface area (Å²) in [5.74, 6) is 0.119. The van der Waals surface area contributed by atoms with Crippen LogP contribution >= 0.6 is 11.6 Å². The molecule has 3 rings (SSSR count). The molecule has 5 heteroatoms. The van der Waals surface area contributed by atoms with Crippen molar-refractivity contribution in [1.29, 1.82) is 0 Å². The first-order chi connectivity index (χ1) is 11.2. The quantitative estimate of drug-likeness (QED) is 0.825. The van der Waals surface area contributed by atoms with Gasteiger partial charge in [-0.1, -0.05) is 60.1 Å². The lowest BCUT2D eigenvalue weighted by molar-refractivity contribution is 0.129. The third-order valence-electron chi connectivity index (χ3n) is 4.00. The lowest BCUT2D eigenvalue weighted by atomic mass is 9.97. The van der Waals surface area contributed by atoms with Gasteiger partial charge in [0, 0.05) is 18.9 Å². The fourth-order valence-corrected chi connectivity index (χ4v) is 3.05. The summed E-state index contributed by atoms with van der Waals surface area (Å²) < 4.78 is 4.99.